The van der Waals surface area contributed by atoms with Crippen molar-refractivity contribution in [3.63, 3.8) is 0 Å². The Morgan fingerprint density at radius 1 is 0.714 bits per heavy atom. The SMILES string of the molecule is CC[C@H](O)C(=O)NC1CCN(c2nc(-c3ccccc3O)nc3cc(C)ccc23)CC1.Cc1ccc2c(N3CCC(N)CC3)nc(-c3ccccc3O)nc2c1. The molecule has 0 bridgehead atoms. The zero-order valence-electron chi connectivity index (χ0n) is 32.2. The molecular weight excluding hydrogens is 705 g/mol. The number of aryl methyl sites for hydroxylation is 2. The summed E-state index contributed by atoms with van der Waals surface area (Å²) in [4.78, 5) is 35.6. The number of hydrogen-bond acceptors (Lipinski definition) is 11. The molecule has 12 nitrogen and oxygen atoms in total. The normalized spacial score (nSPS) is 15.7. The second-order valence-corrected chi connectivity index (χ2v) is 14.8. The maximum absolute atomic E-state index is 12.0. The third-order valence-electron chi connectivity index (χ3n) is 10.6. The first-order valence-corrected chi connectivity index (χ1v) is 19.5. The minimum Gasteiger partial charge on any atom is -0.507 e. The molecule has 4 aromatic carbocycles. The number of nitrogens with zero attached hydrogens (tertiary/aromatic N) is 6. The molecule has 56 heavy (non-hydrogen) atoms. The molecule has 0 aliphatic carbocycles. The molecule has 12 heteroatoms. The highest BCUT2D eigenvalue weighted by molar-refractivity contribution is 5.93. The summed E-state index contributed by atoms with van der Waals surface area (Å²) in [6.45, 7) is 9.11. The number of carbonyl (C=O) groups excluding carboxylic acids is 1. The van der Waals surface area contributed by atoms with Crippen molar-refractivity contribution in [2.75, 3.05) is 36.0 Å². The molecule has 8 rings (SSSR count). The molecule has 0 saturated carbocycles. The maximum Gasteiger partial charge on any atom is 0.249 e. The van der Waals surface area contributed by atoms with Gasteiger partial charge in [0.15, 0.2) is 11.6 Å². The first-order valence-electron chi connectivity index (χ1n) is 19.5. The van der Waals surface area contributed by atoms with E-state index < -0.39 is 6.10 Å². The largest absolute Gasteiger partial charge is 0.507 e. The van der Waals surface area contributed by atoms with Crippen LogP contribution in [0.2, 0.25) is 0 Å². The monoisotopic (exact) mass is 754 g/mol. The summed E-state index contributed by atoms with van der Waals surface area (Å²) in [7, 11) is 0. The predicted molar refractivity (Wildman–Crippen MR) is 222 cm³/mol. The first kappa shape index (κ1) is 38.4. The number of carbonyl (C=O) groups is 1. The molecule has 2 saturated heterocycles. The third kappa shape index (κ3) is 8.51. The number of aromatic hydroxyl groups is 2. The number of aliphatic hydroxyl groups is 1. The van der Waals surface area contributed by atoms with Gasteiger partial charge < -0.3 is 36.2 Å². The Bertz CT molecular complexity index is 2340. The molecular formula is C44H50N8O4. The summed E-state index contributed by atoms with van der Waals surface area (Å²) in [5.74, 6) is 2.86. The lowest BCUT2D eigenvalue weighted by Gasteiger charge is -2.34. The lowest BCUT2D eigenvalue weighted by molar-refractivity contribution is -0.130. The number of nitrogens with two attached hydrogens (primary N) is 1. The van der Waals surface area contributed by atoms with Crippen molar-refractivity contribution in [3.05, 3.63) is 96.1 Å². The molecule has 2 aliphatic rings. The number of nitrogens with one attached hydrogen (secondary N) is 1. The van der Waals surface area contributed by atoms with Crippen LogP contribution in [0.3, 0.4) is 0 Å². The van der Waals surface area contributed by atoms with Crippen LogP contribution in [0.1, 0.15) is 50.2 Å². The van der Waals surface area contributed by atoms with E-state index >= 15 is 0 Å². The summed E-state index contributed by atoms with van der Waals surface area (Å²) in [5, 5.41) is 35.2. The van der Waals surface area contributed by atoms with E-state index in [0.717, 1.165) is 96.4 Å². The number of rotatable bonds is 7. The van der Waals surface area contributed by atoms with E-state index in [2.05, 4.69) is 40.2 Å². The summed E-state index contributed by atoms with van der Waals surface area (Å²) >= 11 is 0. The van der Waals surface area contributed by atoms with Gasteiger partial charge in [0.1, 0.15) is 29.2 Å². The van der Waals surface area contributed by atoms with Crippen molar-refractivity contribution in [3.8, 4) is 34.3 Å². The van der Waals surface area contributed by atoms with Crippen molar-refractivity contribution >= 4 is 39.3 Å². The number of phenolic OH excluding ortho intramolecular Hbond substituents is 2. The van der Waals surface area contributed by atoms with Gasteiger partial charge in [-0.1, -0.05) is 43.3 Å². The van der Waals surface area contributed by atoms with E-state index in [0.29, 0.717) is 29.2 Å². The average molecular weight is 755 g/mol. The fourth-order valence-electron chi connectivity index (χ4n) is 7.32. The Hall–Kier alpha value is -5.85. The molecule has 290 valence electrons. The summed E-state index contributed by atoms with van der Waals surface area (Å²) in [6, 6.07) is 27.0. The van der Waals surface area contributed by atoms with Crippen molar-refractivity contribution in [2.45, 2.75) is 71.1 Å². The molecule has 2 fully saturated rings. The molecule has 2 aromatic heterocycles. The smallest absolute Gasteiger partial charge is 0.249 e. The number of benzene rings is 4. The van der Waals surface area contributed by atoms with E-state index in [4.69, 9.17) is 25.7 Å². The van der Waals surface area contributed by atoms with E-state index in [9.17, 15) is 20.1 Å². The van der Waals surface area contributed by atoms with E-state index in [1.165, 1.54) is 0 Å². The van der Waals surface area contributed by atoms with Gasteiger partial charge in [0.2, 0.25) is 5.91 Å². The van der Waals surface area contributed by atoms with Crippen molar-refractivity contribution < 1.29 is 20.1 Å². The number of hydrogen-bond donors (Lipinski definition) is 5. The standard InChI is InChI=1S/C24H28N4O3.C20H22N4O/c1-3-20(29)24(31)25-16-10-12-28(13-11-16)23-17-9-8-15(2)14-19(17)26-22(27-23)18-6-4-5-7-21(18)30;1-13-6-7-15-17(12-13)22-19(16-4-2-3-5-18(16)25)23-20(15)24-10-8-14(21)9-11-24/h4-9,14,16,20,29-30H,3,10-13H2,1-2H3,(H,25,31);2-7,12,14,25H,8-11,21H2,1H3/t20-;/m0./s1. The number of aromatic nitrogens is 4. The quantitative estimate of drug-likeness (QED) is 0.122. The van der Waals surface area contributed by atoms with Crippen LogP contribution in [0, 0.1) is 13.8 Å². The molecule has 4 heterocycles. The summed E-state index contributed by atoms with van der Waals surface area (Å²) in [5.41, 5.74) is 11.3. The van der Waals surface area contributed by atoms with E-state index in [-0.39, 0.29) is 29.5 Å². The highest BCUT2D eigenvalue weighted by atomic mass is 16.3. The van der Waals surface area contributed by atoms with Crippen molar-refractivity contribution in [2.24, 2.45) is 5.73 Å². The van der Waals surface area contributed by atoms with Crippen LogP contribution >= 0.6 is 0 Å². The molecule has 0 radical (unpaired) electrons. The predicted octanol–water partition coefficient (Wildman–Crippen LogP) is 6.41. The number of aliphatic hydroxyl groups excluding tert-OH is 1. The average Bonchev–Trinajstić information content (AvgIpc) is 3.20. The number of phenols is 2. The maximum atomic E-state index is 12.0. The molecule has 6 N–H and O–H groups in total. The van der Waals surface area contributed by atoms with Crippen LogP contribution in [0.15, 0.2) is 84.9 Å². The number of amides is 1. The van der Waals surface area contributed by atoms with Crippen molar-refractivity contribution in [1.82, 2.24) is 25.3 Å². The number of anilines is 2. The molecule has 2 aliphatic heterocycles. The van der Waals surface area contributed by atoms with E-state index in [1.54, 1.807) is 31.2 Å². The molecule has 1 atom stereocenters. The lowest BCUT2D eigenvalue weighted by atomic mass is 10.0. The minimum atomic E-state index is -0.951. The fourth-order valence-corrected chi connectivity index (χ4v) is 7.32. The van der Waals surface area contributed by atoms with E-state index in [1.807, 2.05) is 49.4 Å². The lowest BCUT2D eigenvalue weighted by Crippen LogP contribution is -2.47. The molecule has 1 amide bonds. The number of para-hydroxylation sites is 2. The third-order valence-corrected chi connectivity index (χ3v) is 10.6. The van der Waals surface area contributed by atoms with Crippen LogP contribution in [-0.2, 0) is 4.79 Å². The van der Waals surface area contributed by atoms with Crippen LogP contribution in [0.4, 0.5) is 11.6 Å². The zero-order valence-corrected chi connectivity index (χ0v) is 32.2. The molecule has 6 aromatic rings. The highest BCUT2D eigenvalue weighted by Crippen LogP contribution is 2.34. The van der Waals surface area contributed by atoms with Crippen molar-refractivity contribution in [1.29, 1.82) is 0 Å². The minimum absolute atomic E-state index is 0.0398. The van der Waals surface area contributed by atoms with Gasteiger partial charge in [-0.25, -0.2) is 19.9 Å². The number of piperidine rings is 2. The fraction of sp³-hybridized carbons (Fsp3) is 0.341. The van der Waals surface area contributed by atoms with Crippen LogP contribution in [0.25, 0.3) is 44.6 Å². The molecule has 0 spiro atoms. The van der Waals surface area contributed by atoms with Crippen LogP contribution < -0.4 is 20.9 Å². The Kier molecular flexibility index (Phi) is 11.6. The summed E-state index contributed by atoms with van der Waals surface area (Å²) in [6.07, 6.45) is 2.92. The molecule has 0 unspecified atom stereocenters. The van der Waals surface area contributed by atoms with Gasteiger partial charge in [-0.2, -0.15) is 0 Å². The van der Waals surface area contributed by atoms with Crippen LogP contribution in [0.5, 0.6) is 11.5 Å². The Morgan fingerprint density at radius 2 is 1.16 bits per heavy atom. The zero-order chi connectivity index (χ0) is 39.3. The van der Waals surface area contributed by atoms with Gasteiger partial charge in [0, 0.05) is 49.0 Å². The first-order chi connectivity index (χ1) is 27.1. The second-order valence-electron chi connectivity index (χ2n) is 14.8. The van der Waals surface area contributed by atoms with Gasteiger partial charge in [0.25, 0.3) is 0 Å². The second kappa shape index (κ2) is 16.9. The van der Waals surface area contributed by atoms with Gasteiger partial charge in [0.05, 0.1) is 22.2 Å². The highest BCUT2D eigenvalue weighted by Gasteiger charge is 2.26. The van der Waals surface area contributed by atoms with Gasteiger partial charge in [-0.15, -0.1) is 0 Å². The van der Waals surface area contributed by atoms with Crippen LogP contribution in [-0.4, -0.2) is 85.5 Å². The Labute approximate surface area is 327 Å². The van der Waals surface area contributed by atoms with Gasteiger partial charge in [-0.3, -0.25) is 4.79 Å². The topological polar surface area (TPSA) is 174 Å². The Morgan fingerprint density at radius 3 is 1.61 bits per heavy atom. The summed E-state index contributed by atoms with van der Waals surface area (Å²) < 4.78 is 0. The van der Waals surface area contributed by atoms with Gasteiger partial charge >= 0.3 is 0 Å². The Balaban J connectivity index is 0.000000175. The number of fused-ring (bicyclic) bond motifs is 2. The van der Waals surface area contributed by atoms with Gasteiger partial charge in [-0.05, 0) is 106 Å².